The Kier molecular flexibility index (Phi) is 4.44. The largest absolute Gasteiger partial charge is 0.441 e. The lowest BCUT2D eigenvalue weighted by Crippen LogP contribution is -2.42. The second kappa shape index (κ2) is 7.19. The number of hydrogen-bond acceptors (Lipinski definition) is 5. The topological polar surface area (TPSA) is 105 Å². The molecule has 1 saturated heterocycles. The van der Waals surface area contributed by atoms with Crippen LogP contribution in [0.15, 0.2) is 65.1 Å². The number of fused-ring (bicyclic) bond motifs is 2. The van der Waals surface area contributed by atoms with E-state index in [1.807, 2.05) is 42.5 Å². The number of nitrogens with zero attached hydrogens (tertiary/aromatic N) is 2. The van der Waals surface area contributed by atoms with Crippen molar-refractivity contribution < 1.29 is 18.8 Å². The Hall–Kier alpha value is -4.20. The molecule has 8 heteroatoms. The molecule has 1 atom stereocenters. The fourth-order valence-corrected chi connectivity index (χ4v) is 4.00. The zero-order chi connectivity index (χ0) is 22.5. The first-order chi connectivity index (χ1) is 15.3. The molecule has 0 aliphatic carbocycles. The summed E-state index contributed by atoms with van der Waals surface area (Å²) < 4.78 is 5.43. The van der Waals surface area contributed by atoms with Gasteiger partial charge in [0.2, 0.25) is 5.91 Å². The molecule has 0 radical (unpaired) electrons. The summed E-state index contributed by atoms with van der Waals surface area (Å²) in [6.07, 6.45) is 0. The third-order valence-electron chi connectivity index (χ3n) is 5.68. The molecule has 0 saturated carbocycles. The summed E-state index contributed by atoms with van der Waals surface area (Å²) in [4.78, 5) is 43.5. The van der Waals surface area contributed by atoms with Gasteiger partial charge in [-0.25, -0.2) is 9.78 Å². The normalized spacial score (nSPS) is 18.4. The highest BCUT2D eigenvalue weighted by Gasteiger charge is 2.49. The van der Waals surface area contributed by atoms with Gasteiger partial charge in [0.25, 0.3) is 5.91 Å². The van der Waals surface area contributed by atoms with Gasteiger partial charge in [0.05, 0.1) is 0 Å². The van der Waals surface area contributed by atoms with E-state index in [-0.39, 0.29) is 0 Å². The van der Waals surface area contributed by atoms with Crippen LogP contribution < -0.4 is 10.6 Å². The minimum absolute atomic E-state index is 0.399. The number of hydrogen-bond donors (Lipinski definition) is 2. The van der Waals surface area contributed by atoms with E-state index in [1.54, 1.807) is 32.0 Å². The lowest BCUT2D eigenvalue weighted by atomic mass is 9.90. The van der Waals surface area contributed by atoms with E-state index in [2.05, 4.69) is 15.6 Å². The second-order valence-corrected chi connectivity index (χ2v) is 7.97. The SMILES string of the molecule is Cc1nc2cc(NC(=O)CN3C(=O)NC(C)(c4ccc5ccccc5c4)C3=O)ccc2o1. The van der Waals surface area contributed by atoms with Crippen LogP contribution in [0.4, 0.5) is 10.5 Å². The minimum atomic E-state index is -1.25. The number of aryl methyl sites for hydroxylation is 1. The van der Waals surface area contributed by atoms with E-state index in [1.165, 1.54) is 0 Å². The summed E-state index contributed by atoms with van der Waals surface area (Å²) in [5.74, 6) is -0.442. The van der Waals surface area contributed by atoms with Crippen LogP contribution in [0, 0.1) is 6.92 Å². The minimum Gasteiger partial charge on any atom is -0.441 e. The van der Waals surface area contributed by atoms with E-state index in [4.69, 9.17) is 4.42 Å². The molecule has 0 bridgehead atoms. The fourth-order valence-electron chi connectivity index (χ4n) is 4.00. The Balaban J connectivity index is 1.35. The molecule has 5 rings (SSSR count). The first-order valence-electron chi connectivity index (χ1n) is 10.1. The van der Waals surface area contributed by atoms with Crippen molar-refractivity contribution in [3.8, 4) is 0 Å². The number of carbonyl (C=O) groups is 3. The fraction of sp³-hybridized carbons (Fsp3) is 0.167. The molecule has 160 valence electrons. The Morgan fingerprint density at radius 2 is 1.88 bits per heavy atom. The molecular formula is C24H20N4O4. The average molecular weight is 428 g/mol. The predicted octanol–water partition coefficient (Wildman–Crippen LogP) is 3.70. The van der Waals surface area contributed by atoms with E-state index >= 15 is 0 Å². The van der Waals surface area contributed by atoms with Gasteiger partial charge < -0.3 is 15.1 Å². The van der Waals surface area contributed by atoms with Crippen molar-refractivity contribution in [2.45, 2.75) is 19.4 Å². The Morgan fingerprint density at radius 3 is 2.69 bits per heavy atom. The highest BCUT2D eigenvalue weighted by molar-refractivity contribution is 6.10. The molecule has 1 aliphatic rings. The molecule has 32 heavy (non-hydrogen) atoms. The first-order valence-corrected chi connectivity index (χ1v) is 10.1. The van der Waals surface area contributed by atoms with Crippen molar-refractivity contribution >= 4 is 45.4 Å². The van der Waals surface area contributed by atoms with Gasteiger partial charge >= 0.3 is 6.03 Å². The highest BCUT2D eigenvalue weighted by atomic mass is 16.3. The van der Waals surface area contributed by atoms with Crippen molar-refractivity contribution in [2.24, 2.45) is 0 Å². The van der Waals surface area contributed by atoms with Crippen LogP contribution in [0.2, 0.25) is 0 Å². The summed E-state index contributed by atoms with van der Waals surface area (Å²) >= 11 is 0. The van der Waals surface area contributed by atoms with E-state index in [9.17, 15) is 14.4 Å². The number of rotatable bonds is 4. The number of oxazole rings is 1. The second-order valence-electron chi connectivity index (χ2n) is 7.97. The van der Waals surface area contributed by atoms with Crippen LogP contribution in [0.5, 0.6) is 0 Å². The van der Waals surface area contributed by atoms with Gasteiger partial charge in [-0.3, -0.25) is 14.5 Å². The maximum absolute atomic E-state index is 13.2. The molecule has 1 unspecified atom stereocenters. The van der Waals surface area contributed by atoms with Crippen molar-refractivity contribution in [1.82, 2.24) is 15.2 Å². The number of carbonyl (C=O) groups excluding carboxylic acids is 3. The monoisotopic (exact) mass is 428 g/mol. The molecule has 3 aromatic carbocycles. The van der Waals surface area contributed by atoms with Crippen LogP contribution in [0.1, 0.15) is 18.4 Å². The van der Waals surface area contributed by atoms with Crippen molar-refractivity contribution in [3.05, 3.63) is 72.1 Å². The number of imide groups is 1. The predicted molar refractivity (Wildman–Crippen MR) is 119 cm³/mol. The van der Waals surface area contributed by atoms with Crippen LogP contribution in [0.3, 0.4) is 0 Å². The summed E-state index contributed by atoms with van der Waals surface area (Å²) in [5, 5.41) is 7.45. The molecule has 2 N–H and O–H groups in total. The van der Waals surface area contributed by atoms with Gasteiger partial charge in [-0.2, -0.15) is 0 Å². The summed E-state index contributed by atoms with van der Waals surface area (Å²) in [6.45, 7) is 2.99. The molecule has 4 amide bonds. The lowest BCUT2D eigenvalue weighted by molar-refractivity contribution is -0.133. The van der Waals surface area contributed by atoms with E-state index in [0.29, 0.717) is 28.2 Å². The maximum atomic E-state index is 13.2. The Morgan fingerprint density at radius 1 is 1.09 bits per heavy atom. The number of amides is 4. The van der Waals surface area contributed by atoms with Crippen molar-refractivity contribution in [1.29, 1.82) is 0 Å². The zero-order valence-corrected chi connectivity index (χ0v) is 17.5. The molecule has 1 aliphatic heterocycles. The van der Waals surface area contributed by atoms with Gasteiger partial charge in [-0.05, 0) is 47.5 Å². The summed E-state index contributed by atoms with van der Waals surface area (Å²) in [7, 11) is 0. The van der Waals surface area contributed by atoms with E-state index in [0.717, 1.165) is 15.7 Å². The Labute approximate surface area is 183 Å². The molecule has 2 heterocycles. The smallest absolute Gasteiger partial charge is 0.325 e. The van der Waals surface area contributed by atoms with Crippen LogP contribution in [0.25, 0.3) is 21.9 Å². The highest BCUT2D eigenvalue weighted by Crippen LogP contribution is 2.31. The van der Waals surface area contributed by atoms with Gasteiger partial charge in [0.1, 0.15) is 17.6 Å². The number of nitrogens with one attached hydrogen (secondary N) is 2. The summed E-state index contributed by atoms with van der Waals surface area (Å²) in [6, 6.07) is 17.8. The third-order valence-corrected chi connectivity index (χ3v) is 5.68. The van der Waals surface area contributed by atoms with E-state index < -0.39 is 29.9 Å². The van der Waals surface area contributed by atoms with Crippen molar-refractivity contribution in [2.75, 3.05) is 11.9 Å². The number of urea groups is 1. The van der Waals surface area contributed by atoms with Crippen LogP contribution >= 0.6 is 0 Å². The van der Waals surface area contributed by atoms with Gasteiger partial charge in [0, 0.05) is 12.6 Å². The number of aromatic nitrogens is 1. The maximum Gasteiger partial charge on any atom is 0.325 e. The number of benzene rings is 3. The van der Waals surface area contributed by atoms with Crippen LogP contribution in [-0.4, -0.2) is 34.3 Å². The summed E-state index contributed by atoms with van der Waals surface area (Å²) in [5.41, 5.74) is 1.13. The van der Waals surface area contributed by atoms with Gasteiger partial charge in [0.15, 0.2) is 11.5 Å². The van der Waals surface area contributed by atoms with Crippen LogP contribution in [-0.2, 0) is 15.1 Å². The zero-order valence-electron chi connectivity index (χ0n) is 17.5. The quantitative estimate of drug-likeness (QED) is 0.483. The molecule has 1 aromatic heterocycles. The van der Waals surface area contributed by atoms with Crippen molar-refractivity contribution in [3.63, 3.8) is 0 Å². The molecule has 8 nitrogen and oxygen atoms in total. The molecular weight excluding hydrogens is 408 g/mol. The lowest BCUT2D eigenvalue weighted by Gasteiger charge is -2.22. The molecule has 0 spiro atoms. The standard InChI is InChI=1S/C24H20N4O4/c1-14-25-19-12-18(9-10-20(19)32-14)26-21(29)13-28-22(30)24(2,27-23(28)31)17-8-7-15-5-3-4-6-16(15)11-17/h3-12H,13H2,1-2H3,(H,26,29)(H,27,31). The number of anilines is 1. The molecule has 1 fully saturated rings. The first kappa shape index (κ1) is 19.7. The van der Waals surface area contributed by atoms with Gasteiger partial charge in [-0.1, -0.05) is 36.4 Å². The average Bonchev–Trinajstić information content (AvgIpc) is 3.24. The Bertz CT molecular complexity index is 1410. The molecule has 4 aromatic rings. The third kappa shape index (κ3) is 3.26. The van der Waals surface area contributed by atoms with Gasteiger partial charge in [-0.15, -0.1) is 0 Å².